The van der Waals surface area contributed by atoms with E-state index in [1.807, 2.05) is 17.0 Å². The zero-order valence-corrected chi connectivity index (χ0v) is 17.4. The first-order valence-corrected chi connectivity index (χ1v) is 9.15. The zero-order chi connectivity index (χ0) is 16.8. The minimum atomic E-state index is 0. The molecule has 0 radical (unpaired) electrons. The van der Waals surface area contributed by atoms with Gasteiger partial charge in [0.2, 0.25) is 5.91 Å². The van der Waals surface area contributed by atoms with E-state index in [2.05, 4.69) is 29.3 Å². The van der Waals surface area contributed by atoms with E-state index in [-0.39, 0.29) is 29.9 Å². The molecular formula is C19H29IN4O. The predicted octanol–water partition coefficient (Wildman–Crippen LogP) is 2.99. The van der Waals surface area contributed by atoms with Crippen molar-refractivity contribution < 1.29 is 4.79 Å². The molecule has 2 aliphatic rings. The maximum Gasteiger partial charge on any atom is 0.223 e. The zero-order valence-electron chi connectivity index (χ0n) is 15.0. The highest BCUT2D eigenvalue weighted by Gasteiger charge is 2.22. The van der Waals surface area contributed by atoms with Gasteiger partial charge in [-0.3, -0.25) is 9.79 Å². The van der Waals surface area contributed by atoms with Gasteiger partial charge in [-0.15, -0.1) is 24.0 Å². The second-order valence-electron chi connectivity index (χ2n) is 6.55. The first-order valence-electron chi connectivity index (χ1n) is 9.15. The number of halogens is 1. The number of nitrogens with one attached hydrogen (secondary N) is 1. The predicted molar refractivity (Wildman–Crippen MR) is 112 cm³/mol. The van der Waals surface area contributed by atoms with Gasteiger partial charge in [-0.1, -0.05) is 24.3 Å². The molecular weight excluding hydrogens is 427 g/mol. The highest BCUT2D eigenvalue weighted by Crippen LogP contribution is 2.22. The van der Waals surface area contributed by atoms with Crippen LogP contribution in [-0.4, -0.2) is 47.8 Å². The fraction of sp³-hybridized carbons (Fsp3) is 0.579. The molecule has 1 saturated heterocycles. The Morgan fingerprint density at radius 2 is 1.76 bits per heavy atom. The molecule has 2 heterocycles. The minimum Gasteiger partial charge on any atom is -0.357 e. The molecule has 1 aromatic carbocycles. The Labute approximate surface area is 167 Å². The normalized spacial score (nSPS) is 16.6. The number of fused-ring (bicyclic) bond motifs is 1. The van der Waals surface area contributed by atoms with Crippen molar-refractivity contribution in [2.75, 3.05) is 26.2 Å². The van der Waals surface area contributed by atoms with Crippen molar-refractivity contribution in [1.29, 1.82) is 0 Å². The lowest BCUT2D eigenvalue weighted by molar-refractivity contribution is -0.131. The molecule has 3 rings (SSSR count). The third-order valence-corrected chi connectivity index (χ3v) is 4.74. The van der Waals surface area contributed by atoms with E-state index in [1.54, 1.807) is 0 Å². The Kier molecular flexibility index (Phi) is 7.99. The highest BCUT2D eigenvalue weighted by molar-refractivity contribution is 14.0. The van der Waals surface area contributed by atoms with Gasteiger partial charge in [0.15, 0.2) is 5.96 Å². The molecule has 0 unspecified atom stereocenters. The summed E-state index contributed by atoms with van der Waals surface area (Å²) in [7, 11) is 0. The van der Waals surface area contributed by atoms with Crippen LogP contribution < -0.4 is 5.32 Å². The van der Waals surface area contributed by atoms with E-state index in [0.717, 1.165) is 45.1 Å². The number of rotatable bonds is 5. The summed E-state index contributed by atoms with van der Waals surface area (Å²) in [4.78, 5) is 21.4. The molecule has 0 spiro atoms. The standard InChI is InChI=1S/C19H28N4O.HI/c1-2-20-19(22-12-5-6-13-22)21-11-7-10-18(24)23-14-16-8-3-4-9-17(16)15-23;/h3-4,8-9H,2,5-7,10-15H2,1H3,(H,20,21);1H. The average Bonchev–Trinajstić information content (AvgIpc) is 3.26. The molecule has 1 aromatic rings. The summed E-state index contributed by atoms with van der Waals surface area (Å²) in [5.41, 5.74) is 2.57. The Bertz CT molecular complexity index is 574. The van der Waals surface area contributed by atoms with Crippen LogP contribution in [0.1, 0.15) is 43.7 Å². The molecule has 2 aliphatic heterocycles. The maximum absolute atomic E-state index is 12.4. The van der Waals surface area contributed by atoms with Gasteiger partial charge in [-0.25, -0.2) is 0 Å². The van der Waals surface area contributed by atoms with Gasteiger partial charge in [-0.05, 0) is 37.3 Å². The Balaban J connectivity index is 0.00000225. The summed E-state index contributed by atoms with van der Waals surface area (Å²) < 4.78 is 0. The Morgan fingerprint density at radius 1 is 1.12 bits per heavy atom. The number of hydrogen-bond acceptors (Lipinski definition) is 2. The van der Waals surface area contributed by atoms with Crippen LogP contribution in [0.5, 0.6) is 0 Å². The van der Waals surface area contributed by atoms with Gasteiger partial charge in [0.25, 0.3) is 0 Å². The average molecular weight is 456 g/mol. The van der Waals surface area contributed by atoms with Crippen LogP contribution in [-0.2, 0) is 17.9 Å². The lowest BCUT2D eigenvalue weighted by Gasteiger charge is -2.20. The van der Waals surface area contributed by atoms with Crippen molar-refractivity contribution in [1.82, 2.24) is 15.1 Å². The molecule has 0 aliphatic carbocycles. The molecule has 1 fully saturated rings. The molecule has 0 atom stereocenters. The van der Waals surface area contributed by atoms with Gasteiger partial charge < -0.3 is 15.1 Å². The summed E-state index contributed by atoms with van der Waals surface area (Å²) >= 11 is 0. The molecule has 0 bridgehead atoms. The fourth-order valence-corrected chi connectivity index (χ4v) is 3.44. The van der Waals surface area contributed by atoms with Crippen LogP contribution in [0.25, 0.3) is 0 Å². The number of hydrogen-bond donors (Lipinski definition) is 1. The number of likely N-dealkylation sites (tertiary alicyclic amines) is 1. The van der Waals surface area contributed by atoms with Gasteiger partial charge in [0.05, 0.1) is 0 Å². The van der Waals surface area contributed by atoms with Crippen LogP contribution >= 0.6 is 24.0 Å². The fourth-order valence-electron chi connectivity index (χ4n) is 3.44. The Morgan fingerprint density at radius 3 is 2.36 bits per heavy atom. The maximum atomic E-state index is 12.4. The molecule has 25 heavy (non-hydrogen) atoms. The van der Waals surface area contributed by atoms with Crippen LogP contribution in [0.15, 0.2) is 29.3 Å². The van der Waals surface area contributed by atoms with E-state index in [1.165, 1.54) is 24.0 Å². The van der Waals surface area contributed by atoms with E-state index in [9.17, 15) is 4.79 Å². The van der Waals surface area contributed by atoms with Gasteiger partial charge in [-0.2, -0.15) is 0 Å². The number of amides is 1. The van der Waals surface area contributed by atoms with Crippen LogP contribution in [0, 0.1) is 0 Å². The lowest BCUT2D eigenvalue weighted by atomic mass is 10.1. The van der Waals surface area contributed by atoms with Crippen molar-refractivity contribution in [3.05, 3.63) is 35.4 Å². The number of guanidine groups is 1. The first-order chi connectivity index (χ1) is 11.8. The molecule has 138 valence electrons. The smallest absolute Gasteiger partial charge is 0.223 e. The summed E-state index contributed by atoms with van der Waals surface area (Å²) in [6.07, 6.45) is 3.89. The summed E-state index contributed by atoms with van der Waals surface area (Å²) in [5.74, 6) is 1.25. The summed E-state index contributed by atoms with van der Waals surface area (Å²) in [6, 6.07) is 8.32. The van der Waals surface area contributed by atoms with Gasteiger partial charge in [0, 0.05) is 45.7 Å². The van der Waals surface area contributed by atoms with Gasteiger partial charge in [0.1, 0.15) is 0 Å². The lowest BCUT2D eigenvalue weighted by Crippen LogP contribution is -2.39. The van der Waals surface area contributed by atoms with Crippen LogP contribution in [0.3, 0.4) is 0 Å². The number of carbonyl (C=O) groups is 1. The van der Waals surface area contributed by atoms with Crippen molar-refractivity contribution in [3.8, 4) is 0 Å². The second kappa shape index (κ2) is 9.99. The van der Waals surface area contributed by atoms with Crippen LogP contribution in [0.2, 0.25) is 0 Å². The van der Waals surface area contributed by atoms with Crippen LogP contribution in [0.4, 0.5) is 0 Å². The van der Waals surface area contributed by atoms with Crippen molar-refractivity contribution >= 4 is 35.8 Å². The molecule has 0 saturated carbocycles. The third-order valence-electron chi connectivity index (χ3n) is 4.74. The molecule has 0 aromatic heterocycles. The quantitative estimate of drug-likeness (QED) is 0.321. The first kappa shape index (κ1) is 20.0. The summed E-state index contributed by atoms with van der Waals surface area (Å²) in [5, 5.41) is 3.36. The van der Waals surface area contributed by atoms with Gasteiger partial charge >= 0.3 is 0 Å². The topological polar surface area (TPSA) is 47.9 Å². The van der Waals surface area contributed by atoms with Crippen molar-refractivity contribution in [2.45, 2.75) is 45.7 Å². The molecule has 6 heteroatoms. The molecule has 1 amide bonds. The highest BCUT2D eigenvalue weighted by atomic mass is 127. The van der Waals surface area contributed by atoms with E-state index >= 15 is 0 Å². The van der Waals surface area contributed by atoms with E-state index in [4.69, 9.17) is 4.99 Å². The molecule has 5 nitrogen and oxygen atoms in total. The van der Waals surface area contributed by atoms with Crippen molar-refractivity contribution in [3.63, 3.8) is 0 Å². The third kappa shape index (κ3) is 5.33. The SMILES string of the molecule is CCNC(=NCCCC(=O)N1Cc2ccccc2C1)N1CCCC1.I. The van der Waals surface area contributed by atoms with E-state index in [0.29, 0.717) is 13.0 Å². The number of carbonyl (C=O) groups excluding carboxylic acids is 1. The number of aliphatic imine (C=N–C) groups is 1. The largest absolute Gasteiger partial charge is 0.357 e. The molecule has 1 N–H and O–H groups in total. The van der Waals surface area contributed by atoms with Crippen molar-refractivity contribution in [2.24, 2.45) is 4.99 Å². The minimum absolute atomic E-state index is 0. The van der Waals surface area contributed by atoms with E-state index < -0.39 is 0 Å². The summed E-state index contributed by atoms with van der Waals surface area (Å²) in [6.45, 7) is 7.41. The number of nitrogens with zero attached hydrogens (tertiary/aromatic N) is 3. The number of benzene rings is 1. The monoisotopic (exact) mass is 456 g/mol. The Hall–Kier alpha value is -1.31. The second-order valence-corrected chi connectivity index (χ2v) is 6.55.